The van der Waals surface area contributed by atoms with Crippen molar-refractivity contribution >= 4 is 5.96 Å². The first kappa shape index (κ1) is 22.0. The Kier molecular flexibility index (Phi) is 8.56. The van der Waals surface area contributed by atoms with Gasteiger partial charge in [-0.3, -0.25) is 4.90 Å². The Morgan fingerprint density at radius 2 is 1.86 bits per heavy atom. The average Bonchev–Trinajstić information content (AvgIpc) is 2.68. The molecule has 9 heteroatoms. The minimum atomic E-state index is -2.29. The second-order valence-corrected chi connectivity index (χ2v) is 6.65. The molecule has 1 heterocycles. The first-order valence-corrected chi connectivity index (χ1v) is 9.46. The Labute approximate surface area is 164 Å². The standard InChI is InChI=1S/C19H30F2N4O3/c1-4-22-19(24-14-5-7-25(8-6-14)12-17(20)21)23-11-13-9-15(27-2)18(26)16(10-13)28-3/h9-10,14,17,26H,4-8,11-12H2,1-3H3,(H2,22,23,24). The van der Waals surface area contributed by atoms with Crippen LogP contribution in [0.4, 0.5) is 8.78 Å². The number of guanidine groups is 1. The number of benzene rings is 1. The highest BCUT2D eigenvalue weighted by molar-refractivity contribution is 5.80. The molecule has 0 atom stereocenters. The molecule has 0 bridgehead atoms. The van der Waals surface area contributed by atoms with Gasteiger partial charge in [0.15, 0.2) is 17.5 Å². The van der Waals surface area contributed by atoms with Crippen molar-refractivity contribution in [2.24, 2.45) is 4.99 Å². The summed E-state index contributed by atoms with van der Waals surface area (Å²) in [5.74, 6) is 1.28. The molecule has 2 rings (SSSR count). The summed E-state index contributed by atoms with van der Waals surface area (Å²) in [7, 11) is 2.96. The lowest BCUT2D eigenvalue weighted by atomic mass is 10.1. The number of hydrogen-bond acceptors (Lipinski definition) is 5. The molecule has 0 aliphatic carbocycles. The van der Waals surface area contributed by atoms with Crippen LogP contribution < -0.4 is 20.1 Å². The lowest BCUT2D eigenvalue weighted by molar-refractivity contribution is 0.0744. The molecule has 0 radical (unpaired) electrons. The van der Waals surface area contributed by atoms with Crippen LogP contribution in [0.25, 0.3) is 0 Å². The quantitative estimate of drug-likeness (QED) is 0.459. The van der Waals surface area contributed by atoms with E-state index in [9.17, 15) is 13.9 Å². The molecule has 28 heavy (non-hydrogen) atoms. The summed E-state index contributed by atoms with van der Waals surface area (Å²) in [4.78, 5) is 6.39. The summed E-state index contributed by atoms with van der Waals surface area (Å²) in [5.41, 5.74) is 0.829. The number of alkyl halides is 2. The predicted molar refractivity (Wildman–Crippen MR) is 105 cm³/mol. The fourth-order valence-corrected chi connectivity index (χ4v) is 3.18. The number of hydrogen-bond donors (Lipinski definition) is 3. The van der Waals surface area contributed by atoms with Crippen molar-refractivity contribution in [3.63, 3.8) is 0 Å². The van der Waals surface area contributed by atoms with E-state index in [1.165, 1.54) is 14.2 Å². The number of ether oxygens (including phenoxy) is 2. The van der Waals surface area contributed by atoms with Crippen LogP contribution in [0.2, 0.25) is 0 Å². The maximum atomic E-state index is 12.5. The average molecular weight is 400 g/mol. The van der Waals surface area contributed by atoms with Crippen LogP contribution in [0, 0.1) is 0 Å². The van der Waals surface area contributed by atoms with Gasteiger partial charge in [-0.05, 0) is 37.5 Å². The fourth-order valence-electron chi connectivity index (χ4n) is 3.18. The van der Waals surface area contributed by atoms with Gasteiger partial charge in [-0.2, -0.15) is 0 Å². The highest BCUT2D eigenvalue weighted by Gasteiger charge is 2.22. The number of aliphatic imine (C=N–C) groups is 1. The molecule has 1 aliphatic heterocycles. The lowest BCUT2D eigenvalue weighted by Gasteiger charge is -2.32. The second kappa shape index (κ2) is 10.9. The molecule has 0 unspecified atom stereocenters. The van der Waals surface area contributed by atoms with Gasteiger partial charge in [-0.25, -0.2) is 13.8 Å². The van der Waals surface area contributed by atoms with E-state index in [0.29, 0.717) is 43.6 Å². The van der Waals surface area contributed by atoms with Crippen LogP contribution in [0.15, 0.2) is 17.1 Å². The molecule has 0 amide bonds. The summed E-state index contributed by atoms with van der Waals surface area (Å²) < 4.78 is 35.4. The molecule has 158 valence electrons. The van der Waals surface area contributed by atoms with Crippen LogP contribution in [0.5, 0.6) is 17.2 Å². The van der Waals surface area contributed by atoms with Gasteiger partial charge in [0.25, 0.3) is 6.43 Å². The van der Waals surface area contributed by atoms with Gasteiger partial charge in [0, 0.05) is 25.7 Å². The maximum absolute atomic E-state index is 12.5. The molecule has 0 spiro atoms. The van der Waals surface area contributed by atoms with Gasteiger partial charge in [-0.15, -0.1) is 0 Å². The van der Waals surface area contributed by atoms with Gasteiger partial charge < -0.3 is 25.2 Å². The van der Waals surface area contributed by atoms with E-state index in [2.05, 4.69) is 15.6 Å². The van der Waals surface area contributed by atoms with Crippen LogP contribution in [0.3, 0.4) is 0 Å². The number of phenolic OH excluding ortho intramolecular Hbond substituents is 1. The van der Waals surface area contributed by atoms with Crippen LogP contribution >= 0.6 is 0 Å². The second-order valence-electron chi connectivity index (χ2n) is 6.65. The molecule has 3 N–H and O–H groups in total. The number of likely N-dealkylation sites (tertiary alicyclic amines) is 1. The zero-order valence-corrected chi connectivity index (χ0v) is 16.7. The molecule has 1 saturated heterocycles. The van der Waals surface area contributed by atoms with Crippen molar-refractivity contribution in [1.82, 2.24) is 15.5 Å². The molecule has 0 saturated carbocycles. The van der Waals surface area contributed by atoms with E-state index in [0.717, 1.165) is 18.4 Å². The predicted octanol–water partition coefficient (Wildman–Crippen LogP) is 2.19. The van der Waals surface area contributed by atoms with Crippen molar-refractivity contribution < 1.29 is 23.4 Å². The number of aromatic hydroxyl groups is 1. The zero-order valence-electron chi connectivity index (χ0n) is 16.7. The van der Waals surface area contributed by atoms with Crippen molar-refractivity contribution in [2.75, 3.05) is 40.4 Å². The minimum absolute atomic E-state index is 0.0432. The number of methoxy groups -OCH3 is 2. The normalized spacial score (nSPS) is 16.3. The van der Waals surface area contributed by atoms with Crippen LogP contribution in [-0.4, -0.2) is 68.8 Å². The molecule has 7 nitrogen and oxygen atoms in total. The summed E-state index contributed by atoms with van der Waals surface area (Å²) in [6.07, 6.45) is -0.710. The number of phenols is 1. The number of nitrogens with zero attached hydrogens (tertiary/aromatic N) is 2. The van der Waals surface area contributed by atoms with Crippen molar-refractivity contribution in [3.8, 4) is 17.2 Å². The maximum Gasteiger partial charge on any atom is 0.251 e. The third-order valence-corrected chi connectivity index (χ3v) is 4.63. The molecular weight excluding hydrogens is 370 g/mol. The summed E-state index contributed by atoms with van der Waals surface area (Å²) >= 11 is 0. The molecule has 0 aromatic heterocycles. The SMILES string of the molecule is CCNC(=NCc1cc(OC)c(O)c(OC)c1)NC1CCN(CC(F)F)CC1. The number of piperidine rings is 1. The smallest absolute Gasteiger partial charge is 0.251 e. The van der Waals surface area contributed by atoms with Gasteiger partial charge in [0.1, 0.15) is 0 Å². The largest absolute Gasteiger partial charge is 0.502 e. The summed E-state index contributed by atoms with van der Waals surface area (Å²) in [6.45, 7) is 4.19. The highest BCUT2D eigenvalue weighted by Crippen LogP contribution is 2.37. The van der Waals surface area contributed by atoms with Gasteiger partial charge in [0.2, 0.25) is 5.75 Å². The number of halogens is 2. The Balaban J connectivity index is 1.99. The number of nitrogens with one attached hydrogen (secondary N) is 2. The molecule has 1 aromatic carbocycles. The topological polar surface area (TPSA) is 78.4 Å². The Morgan fingerprint density at radius 3 is 2.36 bits per heavy atom. The van der Waals surface area contributed by atoms with Crippen LogP contribution in [0.1, 0.15) is 25.3 Å². The van der Waals surface area contributed by atoms with Crippen molar-refractivity contribution in [3.05, 3.63) is 17.7 Å². The molecule has 1 aromatic rings. The number of rotatable bonds is 8. The van der Waals surface area contributed by atoms with E-state index in [-0.39, 0.29) is 18.3 Å². The first-order chi connectivity index (χ1) is 13.5. The molecular formula is C19H30F2N4O3. The van der Waals surface area contributed by atoms with E-state index in [4.69, 9.17) is 9.47 Å². The summed E-state index contributed by atoms with van der Waals surface area (Å²) in [6, 6.07) is 3.62. The fraction of sp³-hybridized carbons (Fsp3) is 0.632. The Bertz CT molecular complexity index is 625. The van der Waals surface area contributed by atoms with E-state index in [1.54, 1.807) is 17.0 Å². The van der Waals surface area contributed by atoms with E-state index >= 15 is 0 Å². The van der Waals surface area contributed by atoms with Gasteiger partial charge in [0.05, 0.1) is 27.3 Å². The third kappa shape index (κ3) is 6.40. The zero-order chi connectivity index (χ0) is 20.5. The third-order valence-electron chi connectivity index (χ3n) is 4.63. The van der Waals surface area contributed by atoms with E-state index < -0.39 is 6.43 Å². The lowest BCUT2D eigenvalue weighted by Crippen LogP contribution is -2.49. The van der Waals surface area contributed by atoms with Crippen molar-refractivity contribution in [1.29, 1.82) is 0 Å². The Morgan fingerprint density at radius 1 is 1.25 bits per heavy atom. The van der Waals surface area contributed by atoms with E-state index in [1.807, 2.05) is 6.92 Å². The highest BCUT2D eigenvalue weighted by atomic mass is 19.3. The Hall–Kier alpha value is -2.29. The minimum Gasteiger partial charge on any atom is -0.502 e. The van der Waals surface area contributed by atoms with Gasteiger partial charge in [-0.1, -0.05) is 0 Å². The van der Waals surface area contributed by atoms with Crippen molar-refractivity contribution in [2.45, 2.75) is 38.8 Å². The monoisotopic (exact) mass is 400 g/mol. The van der Waals surface area contributed by atoms with Gasteiger partial charge >= 0.3 is 0 Å². The van der Waals surface area contributed by atoms with Crippen LogP contribution in [-0.2, 0) is 6.54 Å². The molecule has 1 fully saturated rings. The molecule has 1 aliphatic rings. The first-order valence-electron chi connectivity index (χ1n) is 9.46. The summed E-state index contributed by atoms with van der Waals surface area (Å²) in [5, 5.41) is 16.6.